The summed E-state index contributed by atoms with van der Waals surface area (Å²) in [6, 6.07) is 7.49. The van der Waals surface area contributed by atoms with Crippen molar-refractivity contribution in [2.24, 2.45) is 5.92 Å². The normalized spacial score (nSPS) is 17.4. The summed E-state index contributed by atoms with van der Waals surface area (Å²) in [5.74, 6) is -1.47. The fourth-order valence-electron chi connectivity index (χ4n) is 2.47. The van der Waals surface area contributed by atoms with Crippen LogP contribution in [-0.4, -0.2) is 23.3 Å². The number of nitrogens with zero attached hydrogens (tertiary/aromatic N) is 2. The van der Waals surface area contributed by atoms with Gasteiger partial charge in [0, 0.05) is 24.8 Å². The third-order valence-electron chi connectivity index (χ3n) is 3.64. The maximum atomic E-state index is 13.2. The number of anilines is 2. The highest BCUT2D eigenvalue weighted by Gasteiger charge is 2.35. The molecule has 2 heterocycles. The third-order valence-corrected chi connectivity index (χ3v) is 3.93. The van der Waals surface area contributed by atoms with Crippen LogP contribution in [0.4, 0.5) is 15.8 Å². The fourth-order valence-corrected chi connectivity index (χ4v) is 2.64. The molecule has 2 amide bonds. The van der Waals surface area contributed by atoms with Gasteiger partial charge in [-0.15, -0.1) is 0 Å². The van der Waals surface area contributed by atoms with E-state index in [2.05, 4.69) is 10.3 Å². The number of aromatic nitrogens is 1. The lowest BCUT2D eigenvalue weighted by molar-refractivity contribution is -0.122. The molecule has 0 aliphatic carbocycles. The third kappa shape index (κ3) is 3.32. The van der Waals surface area contributed by atoms with Gasteiger partial charge in [0.1, 0.15) is 5.82 Å². The average molecular weight is 334 g/mol. The molecule has 3 rings (SSSR count). The molecule has 1 fully saturated rings. The summed E-state index contributed by atoms with van der Waals surface area (Å²) >= 11 is 5.75. The van der Waals surface area contributed by atoms with Gasteiger partial charge in [0.15, 0.2) is 0 Å². The highest BCUT2D eigenvalue weighted by Crippen LogP contribution is 2.29. The van der Waals surface area contributed by atoms with Gasteiger partial charge in [0.2, 0.25) is 11.8 Å². The smallest absolute Gasteiger partial charge is 0.229 e. The van der Waals surface area contributed by atoms with Gasteiger partial charge in [-0.3, -0.25) is 14.6 Å². The van der Waals surface area contributed by atoms with Gasteiger partial charge in [-0.2, -0.15) is 0 Å². The van der Waals surface area contributed by atoms with Crippen LogP contribution in [-0.2, 0) is 9.59 Å². The van der Waals surface area contributed by atoms with E-state index < -0.39 is 11.7 Å². The van der Waals surface area contributed by atoms with E-state index in [-0.39, 0.29) is 29.8 Å². The quantitative estimate of drug-likeness (QED) is 0.939. The Balaban J connectivity index is 1.71. The van der Waals surface area contributed by atoms with Gasteiger partial charge in [0.25, 0.3) is 0 Å². The molecule has 1 aliphatic rings. The predicted octanol–water partition coefficient (Wildman–Crippen LogP) is 2.87. The Morgan fingerprint density at radius 3 is 2.91 bits per heavy atom. The first kappa shape index (κ1) is 15.4. The molecule has 2 aromatic rings. The molecule has 5 nitrogen and oxygen atoms in total. The SMILES string of the molecule is O=C(Nc1cccnc1)C1CC(=O)N(c2ccc(F)c(Cl)c2)C1. The van der Waals surface area contributed by atoms with Gasteiger partial charge in [-0.1, -0.05) is 11.6 Å². The minimum absolute atomic E-state index is 0.0569. The number of amides is 2. The maximum Gasteiger partial charge on any atom is 0.229 e. The monoisotopic (exact) mass is 333 g/mol. The van der Waals surface area contributed by atoms with E-state index in [0.29, 0.717) is 11.4 Å². The summed E-state index contributed by atoms with van der Waals surface area (Å²) in [4.78, 5) is 29.8. The van der Waals surface area contributed by atoms with Crippen LogP contribution in [0.3, 0.4) is 0 Å². The Hall–Kier alpha value is -2.47. The highest BCUT2D eigenvalue weighted by molar-refractivity contribution is 6.31. The molecule has 23 heavy (non-hydrogen) atoms. The van der Waals surface area contributed by atoms with Crippen molar-refractivity contribution >= 4 is 34.8 Å². The van der Waals surface area contributed by atoms with Crippen LogP contribution in [0.1, 0.15) is 6.42 Å². The van der Waals surface area contributed by atoms with Gasteiger partial charge in [0.05, 0.1) is 22.8 Å². The van der Waals surface area contributed by atoms with Crippen molar-refractivity contribution in [3.63, 3.8) is 0 Å². The van der Waals surface area contributed by atoms with Crippen molar-refractivity contribution in [2.75, 3.05) is 16.8 Å². The fraction of sp³-hybridized carbons (Fsp3) is 0.188. The zero-order valence-electron chi connectivity index (χ0n) is 12.0. The van der Waals surface area contributed by atoms with E-state index in [0.717, 1.165) is 0 Å². The first-order valence-electron chi connectivity index (χ1n) is 7.01. The second-order valence-corrected chi connectivity index (χ2v) is 5.64. The van der Waals surface area contributed by atoms with Crippen molar-refractivity contribution in [3.8, 4) is 0 Å². The van der Waals surface area contributed by atoms with Gasteiger partial charge < -0.3 is 10.2 Å². The number of benzene rings is 1. The maximum absolute atomic E-state index is 13.2. The average Bonchev–Trinajstić information content (AvgIpc) is 2.93. The van der Waals surface area contributed by atoms with Gasteiger partial charge >= 0.3 is 0 Å². The van der Waals surface area contributed by atoms with Crippen molar-refractivity contribution in [1.29, 1.82) is 0 Å². The Labute approximate surface area is 137 Å². The second-order valence-electron chi connectivity index (χ2n) is 5.23. The molecule has 1 unspecified atom stereocenters. The number of pyridine rings is 1. The molecule has 1 saturated heterocycles. The first-order chi connectivity index (χ1) is 11.0. The number of carbonyl (C=O) groups is 2. The molecule has 1 N–H and O–H groups in total. The molecular formula is C16H13ClFN3O2. The van der Waals surface area contributed by atoms with Crippen molar-refractivity contribution in [1.82, 2.24) is 4.98 Å². The molecule has 0 saturated carbocycles. The van der Waals surface area contributed by atoms with Crippen LogP contribution in [0.2, 0.25) is 5.02 Å². The molecule has 1 aromatic heterocycles. The van der Waals surface area contributed by atoms with E-state index >= 15 is 0 Å². The molecule has 118 valence electrons. The lowest BCUT2D eigenvalue weighted by atomic mass is 10.1. The standard InChI is InChI=1S/C16H13ClFN3O2/c17-13-7-12(3-4-14(13)18)21-9-10(6-15(21)22)16(23)20-11-2-1-5-19-8-11/h1-5,7-8,10H,6,9H2,(H,20,23). The Bertz CT molecular complexity index is 754. The van der Waals surface area contributed by atoms with Crippen LogP contribution in [0.15, 0.2) is 42.7 Å². The Morgan fingerprint density at radius 2 is 2.22 bits per heavy atom. The molecule has 0 radical (unpaired) electrons. The number of halogens is 2. The minimum Gasteiger partial charge on any atom is -0.324 e. The van der Waals surface area contributed by atoms with Crippen LogP contribution in [0.25, 0.3) is 0 Å². The number of nitrogens with one attached hydrogen (secondary N) is 1. The Morgan fingerprint density at radius 1 is 1.39 bits per heavy atom. The number of hydrogen-bond donors (Lipinski definition) is 1. The lowest BCUT2D eigenvalue weighted by Gasteiger charge is -2.17. The molecule has 0 spiro atoms. The minimum atomic E-state index is -0.548. The lowest BCUT2D eigenvalue weighted by Crippen LogP contribution is -2.28. The molecular weight excluding hydrogens is 321 g/mol. The molecule has 0 bridgehead atoms. The van der Waals surface area contributed by atoms with E-state index in [1.807, 2.05) is 0 Å². The van der Waals surface area contributed by atoms with Crippen molar-refractivity contribution < 1.29 is 14.0 Å². The molecule has 1 aromatic carbocycles. The molecule has 1 aliphatic heterocycles. The van der Waals surface area contributed by atoms with E-state index in [9.17, 15) is 14.0 Å². The zero-order chi connectivity index (χ0) is 16.4. The highest BCUT2D eigenvalue weighted by atomic mass is 35.5. The van der Waals surface area contributed by atoms with Crippen molar-refractivity contribution in [2.45, 2.75) is 6.42 Å². The van der Waals surface area contributed by atoms with Crippen LogP contribution >= 0.6 is 11.6 Å². The summed E-state index contributed by atoms with van der Waals surface area (Å²) in [5, 5.41) is 2.67. The van der Waals surface area contributed by atoms with E-state index in [1.54, 1.807) is 18.3 Å². The van der Waals surface area contributed by atoms with E-state index in [1.165, 1.54) is 29.3 Å². The Kier molecular flexibility index (Phi) is 4.25. The van der Waals surface area contributed by atoms with Crippen LogP contribution in [0.5, 0.6) is 0 Å². The summed E-state index contributed by atoms with van der Waals surface area (Å²) in [6.07, 6.45) is 3.24. The first-order valence-corrected chi connectivity index (χ1v) is 7.38. The van der Waals surface area contributed by atoms with Crippen LogP contribution < -0.4 is 10.2 Å². The summed E-state index contributed by atoms with van der Waals surface area (Å²) < 4.78 is 13.2. The van der Waals surface area contributed by atoms with Crippen LogP contribution in [0, 0.1) is 11.7 Å². The number of rotatable bonds is 3. The summed E-state index contributed by atoms with van der Waals surface area (Å²) in [5.41, 5.74) is 1.06. The molecule has 1 atom stereocenters. The summed E-state index contributed by atoms with van der Waals surface area (Å²) in [6.45, 7) is 0.229. The number of hydrogen-bond acceptors (Lipinski definition) is 3. The van der Waals surface area contributed by atoms with Gasteiger partial charge in [-0.25, -0.2) is 4.39 Å². The molecule has 7 heteroatoms. The largest absolute Gasteiger partial charge is 0.324 e. The van der Waals surface area contributed by atoms with Gasteiger partial charge in [-0.05, 0) is 30.3 Å². The van der Waals surface area contributed by atoms with E-state index in [4.69, 9.17) is 11.6 Å². The second kappa shape index (κ2) is 6.34. The predicted molar refractivity (Wildman–Crippen MR) is 84.7 cm³/mol. The van der Waals surface area contributed by atoms with Crippen molar-refractivity contribution in [3.05, 3.63) is 53.6 Å². The number of carbonyl (C=O) groups excluding carboxylic acids is 2. The zero-order valence-corrected chi connectivity index (χ0v) is 12.8. The topological polar surface area (TPSA) is 62.3 Å². The summed E-state index contributed by atoms with van der Waals surface area (Å²) in [7, 11) is 0.